The van der Waals surface area contributed by atoms with Gasteiger partial charge in [-0.1, -0.05) is 19.1 Å². The minimum absolute atomic E-state index is 0.142. The highest BCUT2D eigenvalue weighted by molar-refractivity contribution is 5.72. The van der Waals surface area contributed by atoms with Crippen molar-refractivity contribution in [2.75, 3.05) is 41.6 Å². The molecule has 2 aliphatic rings. The highest BCUT2D eigenvalue weighted by Gasteiger charge is 2.47. The molecule has 0 radical (unpaired) electrons. The molecule has 0 saturated heterocycles. The van der Waals surface area contributed by atoms with Gasteiger partial charge in [0.25, 0.3) is 0 Å². The lowest BCUT2D eigenvalue weighted by Gasteiger charge is -2.45. The van der Waals surface area contributed by atoms with E-state index in [-0.39, 0.29) is 18.1 Å². The second-order valence-electron chi connectivity index (χ2n) is 13.4. The Morgan fingerprint density at radius 2 is 1.69 bits per heavy atom. The first-order valence-corrected chi connectivity index (χ1v) is 17.6. The first kappa shape index (κ1) is 36.3. The van der Waals surface area contributed by atoms with Crippen molar-refractivity contribution in [1.29, 1.82) is 0 Å². The van der Waals surface area contributed by atoms with Crippen LogP contribution in [0.4, 0.5) is 0 Å². The minimum Gasteiger partial charge on any atom is -0.508 e. The van der Waals surface area contributed by atoms with Gasteiger partial charge in [-0.05, 0) is 97.1 Å². The molecule has 0 amide bonds. The average Bonchev–Trinajstić information content (AvgIpc) is 3.12. The molecule has 5 N–H and O–H groups in total. The molecule has 5 atom stereocenters. The zero-order chi connectivity index (χ0) is 36.2. The average molecular weight is 700 g/mol. The van der Waals surface area contributed by atoms with Gasteiger partial charge in [0.05, 0.1) is 33.0 Å². The SMILES string of the molecule is CCc1cc(-c2cccc(O)c2)c(Cc2cc(OC)cc3c2OC[C@H]([C@H]2[C@H](CCCOC)Oc4cc(CNC)c(OC)cc4[C@@H]2O)[C@@H]3O)cc1O. The summed E-state index contributed by atoms with van der Waals surface area (Å²) >= 11 is 0. The third-order valence-corrected chi connectivity index (χ3v) is 10.3. The highest BCUT2D eigenvalue weighted by atomic mass is 16.5. The van der Waals surface area contributed by atoms with E-state index in [0.29, 0.717) is 73.0 Å². The number of phenols is 2. The molecule has 0 bridgehead atoms. The van der Waals surface area contributed by atoms with Crippen molar-refractivity contribution in [2.45, 2.75) is 57.5 Å². The molecular formula is C41H49NO9. The fourth-order valence-corrected chi connectivity index (χ4v) is 7.72. The van der Waals surface area contributed by atoms with Crippen LogP contribution in [0.25, 0.3) is 11.1 Å². The number of aliphatic hydroxyl groups is 2. The maximum Gasteiger partial charge on any atom is 0.128 e. The maximum atomic E-state index is 12.2. The minimum atomic E-state index is -1.01. The first-order chi connectivity index (χ1) is 24.7. The summed E-state index contributed by atoms with van der Waals surface area (Å²) in [7, 11) is 6.71. The zero-order valence-electron chi connectivity index (χ0n) is 29.9. The van der Waals surface area contributed by atoms with Crippen LogP contribution in [-0.4, -0.2) is 68.1 Å². The van der Waals surface area contributed by atoms with Crippen molar-refractivity contribution in [3.05, 3.63) is 94.0 Å². The van der Waals surface area contributed by atoms with Crippen LogP contribution in [0.2, 0.25) is 0 Å². The van der Waals surface area contributed by atoms with Crippen molar-refractivity contribution in [2.24, 2.45) is 11.8 Å². The van der Waals surface area contributed by atoms with Crippen LogP contribution in [0.15, 0.2) is 60.7 Å². The van der Waals surface area contributed by atoms with Gasteiger partial charge in [-0.25, -0.2) is 0 Å². The Morgan fingerprint density at radius 1 is 0.863 bits per heavy atom. The molecule has 0 aliphatic carbocycles. The summed E-state index contributed by atoms with van der Waals surface area (Å²) in [6, 6.07) is 18.2. The largest absolute Gasteiger partial charge is 0.508 e. The molecule has 6 rings (SSSR count). The third kappa shape index (κ3) is 7.32. The number of benzene rings is 4. The number of phenolic OH excluding ortho intramolecular Hbond substituents is 2. The predicted octanol–water partition coefficient (Wildman–Crippen LogP) is 6.23. The number of hydrogen-bond donors (Lipinski definition) is 5. The quantitative estimate of drug-likeness (QED) is 0.102. The van der Waals surface area contributed by atoms with E-state index in [2.05, 4.69) is 5.32 Å². The molecule has 10 heteroatoms. The third-order valence-electron chi connectivity index (χ3n) is 10.3. The summed E-state index contributed by atoms with van der Waals surface area (Å²) in [5.41, 5.74) is 6.17. The number of nitrogens with one attached hydrogen (secondary N) is 1. The van der Waals surface area contributed by atoms with E-state index >= 15 is 0 Å². The van der Waals surface area contributed by atoms with Gasteiger partial charge in [0.2, 0.25) is 0 Å². The van der Waals surface area contributed by atoms with Crippen LogP contribution in [-0.2, 0) is 24.1 Å². The van der Waals surface area contributed by atoms with Crippen molar-refractivity contribution >= 4 is 0 Å². The van der Waals surface area contributed by atoms with E-state index in [1.54, 1.807) is 51.7 Å². The molecule has 4 aromatic carbocycles. The standard InChI is InChI=1S/C41H49NO9/c1-6-23-16-30(24-9-7-10-28(43)14-24)25(17-34(23)44)13-26-15-29(48-4)19-32-39(45)33(22-50-41(26)32)38-35(11-8-12-47-3)51-37-18-27(21-42-2)36(49-5)20-31(37)40(38)46/h7,9-10,14-20,33,35,38-40,42-46H,6,8,11-13,21-22H2,1-5H3/t33-,35+,38+,39-,40+/m1/s1. The number of aryl methyl sites for hydroxylation is 1. The zero-order valence-corrected chi connectivity index (χ0v) is 29.9. The maximum absolute atomic E-state index is 12.2. The van der Waals surface area contributed by atoms with Gasteiger partial charge in [-0.15, -0.1) is 0 Å². The molecule has 0 aromatic heterocycles. The number of aromatic hydroxyl groups is 2. The Labute approximate surface area is 299 Å². The summed E-state index contributed by atoms with van der Waals surface area (Å²) in [4.78, 5) is 0. The first-order valence-electron chi connectivity index (χ1n) is 17.6. The van der Waals surface area contributed by atoms with Gasteiger partial charge in [0.15, 0.2) is 0 Å². The van der Waals surface area contributed by atoms with Gasteiger partial charge in [0.1, 0.15) is 40.6 Å². The molecular weight excluding hydrogens is 650 g/mol. The summed E-state index contributed by atoms with van der Waals surface area (Å²) < 4.78 is 30.0. The van der Waals surface area contributed by atoms with E-state index in [1.165, 1.54) is 0 Å². The van der Waals surface area contributed by atoms with E-state index in [4.69, 9.17) is 23.7 Å². The van der Waals surface area contributed by atoms with Crippen LogP contribution in [0.1, 0.15) is 65.4 Å². The lowest BCUT2D eigenvalue weighted by molar-refractivity contribution is -0.0889. The molecule has 4 aromatic rings. The molecule has 272 valence electrons. The fraction of sp³-hybridized carbons (Fsp3) is 0.415. The molecule has 0 saturated carbocycles. The number of rotatable bonds is 13. The summed E-state index contributed by atoms with van der Waals surface area (Å²) in [6.45, 7) is 3.23. The van der Waals surface area contributed by atoms with Crippen LogP contribution in [0, 0.1) is 11.8 Å². The topological polar surface area (TPSA) is 139 Å². The second kappa shape index (κ2) is 15.8. The molecule has 0 unspecified atom stereocenters. The van der Waals surface area contributed by atoms with Crippen molar-refractivity contribution in [3.8, 4) is 45.6 Å². The Balaban J connectivity index is 1.39. The number of hydrogen-bond acceptors (Lipinski definition) is 10. The lowest BCUT2D eigenvalue weighted by atomic mass is 9.72. The highest BCUT2D eigenvalue weighted by Crippen LogP contribution is 2.52. The van der Waals surface area contributed by atoms with E-state index < -0.39 is 30.1 Å². The Hall–Kier alpha value is -4.48. The van der Waals surface area contributed by atoms with Crippen molar-refractivity contribution < 1.29 is 44.1 Å². The van der Waals surface area contributed by atoms with Gasteiger partial charge < -0.3 is 49.4 Å². The molecule has 0 spiro atoms. The Kier molecular flexibility index (Phi) is 11.3. The van der Waals surface area contributed by atoms with Crippen LogP contribution in [0.3, 0.4) is 0 Å². The molecule has 2 aliphatic heterocycles. The van der Waals surface area contributed by atoms with E-state index in [9.17, 15) is 20.4 Å². The lowest BCUT2D eigenvalue weighted by Crippen LogP contribution is -2.46. The molecule has 0 fully saturated rings. The number of ether oxygens (including phenoxy) is 5. The Morgan fingerprint density at radius 3 is 2.39 bits per heavy atom. The predicted molar refractivity (Wildman–Crippen MR) is 194 cm³/mol. The van der Waals surface area contributed by atoms with E-state index in [1.807, 2.05) is 44.3 Å². The summed E-state index contributed by atoms with van der Waals surface area (Å²) in [5, 5.41) is 48.6. The van der Waals surface area contributed by atoms with Crippen LogP contribution >= 0.6 is 0 Å². The van der Waals surface area contributed by atoms with Gasteiger partial charge >= 0.3 is 0 Å². The summed E-state index contributed by atoms with van der Waals surface area (Å²) in [5.74, 6) is 1.64. The van der Waals surface area contributed by atoms with Crippen LogP contribution in [0.5, 0.6) is 34.5 Å². The normalized spacial score (nSPS) is 20.9. The molecule has 10 nitrogen and oxygen atoms in total. The second-order valence-corrected chi connectivity index (χ2v) is 13.4. The fourth-order valence-electron chi connectivity index (χ4n) is 7.72. The Bertz CT molecular complexity index is 1840. The smallest absolute Gasteiger partial charge is 0.128 e. The molecule has 51 heavy (non-hydrogen) atoms. The van der Waals surface area contributed by atoms with Gasteiger partial charge in [-0.2, -0.15) is 0 Å². The number of methoxy groups -OCH3 is 3. The van der Waals surface area contributed by atoms with Crippen molar-refractivity contribution in [1.82, 2.24) is 5.32 Å². The van der Waals surface area contributed by atoms with Crippen LogP contribution < -0.4 is 24.3 Å². The van der Waals surface area contributed by atoms with Gasteiger partial charge in [0, 0.05) is 60.8 Å². The van der Waals surface area contributed by atoms with Gasteiger partial charge in [-0.3, -0.25) is 0 Å². The summed E-state index contributed by atoms with van der Waals surface area (Å²) in [6.07, 6.45) is -0.0717. The van der Waals surface area contributed by atoms with E-state index in [0.717, 1.165) is 33.4 Å². The number of aliphatic hydroxyl groups excluding tert-OH is 2. The number of fused-ring (bicyclic) bond motifs is 2. The monoisotopic (exact) mass is 699 g/mol. The van der Waals surface area contributed by atoms with Crippen molar-refractivity contribution in [3.63, 3.8) is 0 Å². The molecule has 2 heterocycles.